The van der Waals surface area contributed by atoms with Crippen LogP contribution in [0.3, 0.4) is 0 Å². The molecule has 1 heteroatoms. The van der Waals surface area contributed by atoms with Gasteiger partial charge in [-0.2, -0.15) is 5.26 Å². The highest BCUT2D eigenvalue weighted by Gasteiger charge is 2.18. The monoisotopic (exact) mass is 163 g/mol. The van der Waals surface area contributed by atoms with Gasteiger partial charge in [0, 0.05) is 0 Å². The molecule has 1 atom stereocenters. The molecule has 0 heterocycles. The van der Waals surface area contributed by atoms with Gasteiger partial charge in [0.05, 0.1) is 11.5 Å². The fourth-order valence-corrected chi connectivity index (χ4v) is 1.08. The van der Waals surface area contributed by atoms with Gasteiger partial charge in [-0.15, -0.1) is 6.58 Å². The van der Waals surface area contributed by atoms with Gasteiger partial charge in [0.1, 0.15) is 0 Å². The summed E-state index contributed by atoms with van der Waals surface area (Å²) in [6.45, 7) is 9.73. The second-order valence-electron chi connectivity index (χ2n) is 3.37. The van der Waals surface area contributed by atoms with Gasteiger partial charge in [0.25, 0.3) is 0 Å². The molecule has 0 bridgehead atoms. The maximum atomic E-state index is 8.92. The van der Waals surface area contributed by atoms with Crippen molar-refractivity contribution in [2.75, 3.05) is 0 Å². The maximum absolute atomic E-state index is 8.92. The first kappa shape index (κ1) is 11.0. The predicted octanol–water partition coefficient (Wildman–Crippen LogP) is 3.45. The lowest BCUT2D eigenvalue weighted by atomic mass is 9.86. The second-order valence-corrected chi connectivity index (χ2v) is 3.37. The lowest BCUT2D eigenvalue weighted by Gasteiger charge is -2.15. The van der Waals surface area contributed by atoms with E-state index in [0.717, 1.165) is 12.8 Å². The molecule has 0 aliphatic carbocycles. The summed E-state index contributed by atoms with van der Waals surface area (Å²) >= 11 is 0. The first-order valence-corrected chi connectivity index (χ1v) is 4.28. The van der Waals surface area contributed by atoms with E-state index < -0.39 is 0 Å². The third kappa shape index (κ3) is 3.39. The minimum absolute atomic E-state index is 0.359. The summed E-state index contributed by atoms with van der Waals surface area (Å²) in [5.74, 6) is 0. The van der Waals surface area contributed by atoms with Crippen LogP contribution in [0.1, 0.15) is 33.6 Å². The first-order chi connectivity index (χ1) is 5.58. The van der Waals surface area contributed by atoms with Crippen molar-refractivity contribution in [1.82, 2.24) is 0 Å². The van der Waals surface area contributed by atoms with Crippen LogP contribution in [0.5, 0.6) is 0 Å². The van der Waals surface area contributed by atoms with Crippen molar-refractivity contribution >= 4 is 0 Å². The summed E-state index contributed by atoms with van der Waals surface area (Å²) in [5, 5.41) is 8.92. The molecule has 1 unspecified atom stereocenters. The van der Waals surface area contributed by atoms with Crippen molar-refractivity contribution in [2.45, 2.75) is 33.6 Å². The van der Waals surface area contributed by atoms with Gasteiger partial charge in [-0.25, -0.2) is 0 Å². The van der Waals surface area contributed by atoms with E-state index in [4.69, 9.17) is 5.26 Å². The van der Waals surface area contributed by atoms with Crippen LogP contribution in [0.15, 0.2) is 24.3 Å². The Morgan fingerprint density at radius 1 is 1.67 bits per heavy atom. The quantitative estimate of drug-likeness (QED) is 0.582. The van der Waals surface area contributed by atoms with E-state index >= 15 is 0 Å². The SMILES string of the molecule is C=CCC(C)(C#N)/C=C(/C)CC. The Kier molecular flexibility index (Phi) is 4.36. The van der Waals surface area contributed by atoms with Crippen LogP contribution in [-0.4, -0.2) is 0 Å². The average molecular weight is 163 g/mol. The van der Waals surface area contributed by atoms with Crippen molar-refractivity contribution < 1.29 is 0 Å². The molecule has 0 aliphatic heterocycles. The van der Waals surface area contributed by atoms with Crippen LogP contribution in [0, 0.1) is 16.7 Å². The van der Waals surface area contributed by atoms with E-state index in [0.29, 0.717) is 0 Å². The lowest BCUT2D eigenvalue weighted by Crippen LogP contribution is -2.09. The molecule has 66 valence electrons. The Balaban J connectivity index is 4.55. The Labute approximate surface area is 75.4 Å². The number of nitrogens with zero attached hydrogens (tertiary/aromatic N) is 1. The van der Waals surface area contributed by atoms with E-state index in [1.165, 1.54) is 5.57 Å². The second kappa shape index (κ2) is 4.77. The van der Waals surface area contributed by atoms with Crippen LogP contribution in [0.25, 0.3) is 0 Å². The molecule has 0 radical (unpaired) electrons. The van der Waals surface area contributed by atoms with E-state index in [9.17, 15) is 0 Å². The summed E-state index contributed by atoms with van der Waals surface area (Å²) in [4.78, 5) is 0. The Morgan fingerprint density at radius 2 is 2.25 bits per heavy atom. The Morgan fingerprint density at radius 3 is 2.58 bits per heavy atom. The summed E-state index contributed by atoms with van der Waals surface area (Å²) in [7, 11) is 0. The fourth-order valence-electron chi connectivity index (χ4n) is 1.08. The molecule has 0 aromatic heterocycles. The summed E-state index contributed by atoms with van der Waals surface area (Å²) < 4.78 is 0. The molecule has 0 amide bonds. The van der Waals surface area contributed by atoms with E-state index in [1.807, 2.05) is 13.0 Å². The smallest absolute Gasteiger partial charge is 0.0762 e. The molecule has 0 saturated carbocycles. The Bertz CT molecular complexity index is 220. The predicted molar refractivity (Wildman–Crippen MR) is 52.6 cm³/mol. The standard InChI is InChI=1S/C11H17N/c1-5-7-11(4,9-12)8-10(3)6-2/h5,8H,1,6-7H2,2-4H3/b10-8-. The van der Waals surface area contributed by atoms with E-state index in [2.05, 4.69) is 26.5 Å². The van der Waals surface area contributed by atoms with Crippen molar-refractivity contribution in [3.8, 4) is 6.07 Å². The molecule has 0 fully saturated rings. The number of hydrogen-bond acceptors (Lipinski definition) is 1. The fraction of sp³-hybridized carbons (Fsp3) is 0.545. The van der Waals surface area contributed by atoms with E-state index in [1.54, 1.807) is 6.08 Å². The number of allylic oxidation sites excluding steroid dienone is 3. The molecule has 0 rings (SSSR count). The highest BCUT2D eigenvalue weighted by Crippen LogP contribution is 2.24. The van der Waals surface area contributed by atoms with Crippen LogP contribution in [0.2, 0.25) is 0 Å². The zero-order chi connectivity index (χ0) is 9.61. The summed E-state index contributed by atoms with van der Waals surface area (Å²) in [6.07, 6.45) is 5.56. The summed E-state index contributed by atoms with van der Waals surface area (Å²) in [5.41, 5.74) is 0.905. The molecule has 0 aromatic carbocycles. The van der Waals surface area contributed by atoms with Crippen molar-refractivity contribution in [3.05, 3.63) is 24.3 Å². The molecule has 12 heavy (non-hydrogen) atoms. The maximum Gasteiger partial charge on any atom is 0.0762 e. The van der Waals surface area contributed by atoms with Crippen LogP contribution in [0.4, 0.5) is 0 Å². The molecule has 0 N–H and O–H groups in total. The van der Waals surface area contributed by atoms with Gasteiger partial charge in [-0.1, -0.05) is 24.6 Å². The van der Waals surface area contributed by atoms with Gasteiger partial charge in [-0.3, -0.25) is 0 Å². The number of hydrogen-bond donors (Lipinski definition) is 0. The molecular weight excluding hydrogens is 146 g/mol. The highest BCUT2D eigenvalue weighted by atomic mass is 14.3. The topological polar surface area (TPSA) is 23.8 Å². The largest absolute Gasteiger partial charge is 0.197 e. The van der Waals surface area contributed by atoms with Gasteiger partial charge in [-0.05, 0) is 26.7 Å². The average Bonchev–Trinajstić information content (AvgIpc) is 2.05. The highest BCUT2D eigenvalue weighted by molar-refractivity contribution is 5.16. The van der Waals surface area contributed by atoms with Gasteiger partial charge < -0.3 is 0 Å². The Hall–Kier alpha value is -1.03. The number of rotatable bonds is 4. The minimum atomic E-state index is -0.359. The van der Waals surface area contributed by atoms with Gasteiger partial charge in [0.15, 0.2) is 0 Å². The lowest BCUT2D eigenvalue weighted by molar-refractivity contribution is 0.572. The molecule has 0 spiro atoms. The normalized spacial score (nSPS) is 16.3. The minimum Gasteiger partial charge on any atom is -0.197 e. The van der Waals surface area contributed by atoms with Crippen molar-refractivity contribution in [1.29, 1.82) is 5.26 Å². The van der Waals surface area contributed by atoms with Crippen molar-refractivity contribution in [2.24, 2.45) is 5.41 Å². The zero-order valence-electron chi connectivity index (χ0n) is 8.22. The van der Waals surface area contributed by atoms with Crippen LogP contribution < -0.4 is 0 Å². The molecule has 0 saturated heterocycles. The third-order valence-electron chi connectivity index (χ3n) is 1.95. The molecule has 1 nitrogen and oxygen atoms in total. The first-order valence-electron chi connectivity index (χ1n) is 4.28. The summed E-state index contributed by atoms with van der Waals surface area (Å²) in [6, 6.07) is 2.30. The molecule has 0 aromatic rings. The third-order valence-corrected chi connectivity index (χ3v) is 1.95. The molecular formula is C11H17N. The zero-order valence-corrected chi connectivity index (χ0v) is 8.22. The van der Waals surface area contributed by atoms with Crippen molar-refractivity contribution in [3.63, 3.8) is 0 Å². The van der Waals surface area contributed by atoms with Gasteiger partial charge in [0.2, 0.25) is 0 Å². The number of nitriles is 1. The van der Waals surface area contributed by atoms with Gasteiger partial charge >= 0.3 is 0 Å². The van der Waals surface area contributed by atoms with E-state index in [-0.39, 0.29) is 5.41 Å². The molecule has 0 aliphatic rings. The van der Waals surface area contributed by atoms with Crippen LogP contribution >= 0.6 is 0 Å². The van der Waals surface area contributed by atoms with Crippen LogP contribution in [-0.2, 0) is 0 Å².